The van der Waals surface area contributed by atoms with Crippen molar-refractivity contribution in [2.24, 2.45) is 0 Å². The second-order valence-corrected chi connectivity index (χ2v) is 8.87. The first-order chi connectivity index (χ1) is 14.0. The second kappa shape index (κ2) is 8.27. The van der Waals surface area contributed by atoms with Crippen LogP contribution < -0.4 is 0 Å². The van der Waals surface area contributed by atoms with Crippen LogP contribution in [0.15, 0.2) is 30.3 Å². The maximum atomic E-state index is 13.0. The molecule has 3 fully saturated rings. The minimum atomic E-state index is -0.877. The van der Waals surface area contributed by atoms with Crippen LogP contribution in [0.2, 0.25) is 0 Å². The van der Waals surface area contributed by atoms with Gasteiger partial charge in [-0.05, 0) is 25.3 Å². The topological polar surface area (TPSA) is 60.9 Å². The fraction of sp³-hybridized carbons (Fsp3) is 0.609. The summed E-state index contributed by atoms with van der Waals surface area (Å²) in [4.78, 5) is 44.0. The van der Waals surface area contributed by atoms with Gasteiger partial charge in [0.15, 0.2) is 0 Å². The molecule has 1 unspecified atom stereocenters. The highest BCUT2D eigenvalue weighted by atomic mass is 16.2. The van der Waals surface area contributed by atoms with E-state index in [2.05, 4.69) is 4.90 Å². The van der Waals surface area contributed by atoms with Crippen LogP contribution in [0.3, 0.4) is 0 Å². The number of rotatable bonds is 4. The predicted octanol–water partition coefficient (Wildman–Crippen LogP) is 2.18. The summed E-state index contributed by atoms with van der Waals surface area (Å²) in [5.74, 6) is -0.634. The number of nitrogens with zero attached hydrogens (tertiary/aromatic N) is 3. The molecular weight excluding hydrogens is 366 g/mol. The van der Waals surface area contributed by atoms with E-state index in [4.69, 9.17) is 0 Å². The predicted molar refractivity (Wildman–Crippen MR) is 110 cm³/mol. The van der Waals surface area contributed by atoms with Gasteiger partial charge in [-0.2, -0.15) is 0 Å². The van der Waals surface area contributed by atoms with Gasteiger partial charge in [-0.3, -0.25) is 24.2 Å². The number of benzene rings is 1. The molecule has 0 spiro atoms. The lowest BCUT2D eigenvalue weighted by molar-refractivity contribution is -0.147. The molecule has 6 nitrogen and oxygen atoms in total. The third-order valence-corrected chi connectivity index (χ3v) is 6.99. The van der Waals surface area contributed by atoms with Crippen molar-refractivity contribution in [3.63, 3.8) is 0 Å². The van der Waals surface area contributed by atoms with Crippen LogP contribution >= 0.6 is 0 Å². The molecule has 2 saturated heterocycles. The van der Waals surface area contributed by atoms with Crippen molar-refractivity contribution < 1.29 is 14.4 Å². The zero-order chi connectivity index (χ0) is 20.4. The number of likely N-dealkylation sites (tertiary alicyclic amines) is 1. The molecular formula is C23H31N3O3. The van der Waals surface area contributed by atoms with Crippen LogP contribution in [0, 0.1) is 0 Å². The van der Waals surface area contributed by atoms with Crippen molar-refractivity contribution >= 4 is 17.7 Å². The van der Waals surface area contributed by atoms with Gasteiger partial charge in [0.1, 0.15) is 6.54 Å². The Labute approximate surface area is 172 Å². The average molecular weight is 398 g/mol. The zero-order valence-electron chi connectivity index (χ0n) is 17.3. The molecule has 2 heterocycles. The van der Waals surface area contributed by atoms with Crippen molar-refractivity contribution in [2.75, 3.05) is 32.7 Å². The lowest BCUT2D eigenvalue weighted by Gasteiger charge is -2.41. The van der Waals surface area contributed by atoms with Crippen molar-refractivity contribution in [2.45, 2.75) is 56.9 Å². The molecule has 4 rings (SSSR count). The third kappa shape index (κ3) is 3.95. The minimum absolute atomic E-state index is 0.118. The zero-order valence-corrected chi connectivity index (χ0v) is 17.3. The van der Waals surface area contributed by atoms with E-state index in [1.807, 2.05) is 35.2 Å². The van der Waals surface area contributed by atoms with Crippen LogP contribution in [0.5, 0.6) is 0 Å². The summed E-state index contributed by atoms with van der Waals surface area (Å²) in [7, 11) is 0. The summed E-state index contributed by atoms with van der Waals surface area (Å²) < 4.78 is 0. The average Bonchev–Trinajstić information content (AvgIpc) is 2.99. The SMILES string of the molecule is CC1(c2ccccc2)CC(=O)N(CC(=O)N2CCN(C3CCCCC3)CC2)C1=O. The fourth-order valence-electron chi connectivity index (χ4n) is 5.09. The van der Waals surface area contributed by atoms with Gasteiger partial charge >= 0.3 is 0 Å². The molecule has 1 aromatic carbocycles. The van der Waals surface area contributed by atoms with E-state index in [0.717, 1.165) is 18.7 Å². The Hall–Kier alpha value is -2.21. The van der Waals surface area contributed by atoms with E-state index in [1.54, 1.807) is 6.92 Å². The van der Waals surface area contributed by atoms with Crippen molar-refractivity contribution in [1.29, 1.82) is 0 Å². The summed E-state index contributed by atoms with van der Waals surface area (Å²) in [6.07, 6.45) is 6.62. The summed E-state index contributed by atoms with van der Waals surface area (Å²) >= 11 is 0. The minimum Gasteiger partial charge on any atom is -0.339 e. The normalized spacial score (nSPS) is 26.9. The van der Waals surface area contributed by atoms with Gasteiger partial charge in [-0.15, -0.1) is 0 Å². The Kier molecular flexibility index (Phi) is 5.72. The van der Waals surface area contributed by atoms with Crippen LogP contribution in [-0.4, -0.2) is 71.2 Å². The maximum absolute atomic E-state index is 13.0. The number of imide groups is 1. The van der Waals surface area contributed by atoms with Gasteiger partial charge in [-0.1, -0.05) is 49.6 Å². The largest absolute Gasteiger partial charge is 0.339 e. The molecule has 1 aromatic rings. The van der Waals surface area contributed by atoms with E-state index < -0.39 is 5.41 Å². The van der Waals surface area contributed by atoms with E-state index in [1.165, 1.54) is 37.0 Å². The fourth-order valence-corrected chi connectivity index (χ4v) is 5.09. The molecule has 29 heavy (non-hydrogen) atoms. The van der Waals surface area contributed by atoms with E-state index in [-0.39, 0.29) is 30.7 Å². The van der Waals surface area contributed by atoms with Crippen molar-refractivity contribution in [1.82, 2.24) is 14.7 Å². The molecule has 3 amide bonds. The molecule has 0 aromatic heterocycles. The summed E-state index contributed by atoms with van der Waals surface area (Å²) in [5.41, 5.74) is -0.0485. The molecule has 0 N–H and O–H groups in total. The van der Waals surface area contributed by atoms with Gasteiger partial charge in [0.2, 0.25) is 17.7 Å². The smallest absolute Gasteiger partial charge is 0.242 e. The highest BCUT2D eigenvalue weighted by molar-refractivity contribution is 6.10. The van der Waals surface area contributed by atoms with Crippen LogP contribution in [0.25, 0.3) is 0 Å². The lowest BCUT2D eigenvalue weighted by Crippen LogP contribution is -2.54. The molecule has 156 valence electrons. The second-order valence-electron chi connectivity index (χ2n) is 8.87. The van der Waals surface area contributed by atoms with Crippen LogP contribution in [0.1, 0.15) is 51.0 Å². The maximum Gasteiger partial charge on any atom is 0.242 e. The first-order valence-electron chi connectivity index (χ1n) is 10.9. The van der Waals surface area contributed by atoms with Crippen LogP contribution in [0.4, 0.5) is 0 Å². The molecule has 3 aliphatic rings. The molecule has 0 bridgehead atoms. The molecule has 0 radical (unpaired) electrons. The molecule has 2 aliphatic heterocycles. The first-order valence-corrected chi connectivity index (χ1v) is 10.9. The van der Waals surface area contributed by atoms with E-state index in [0.29, 0.717) is 19.1 Å². The Morgan fingerprint density at radius 1 is 1.00 bits per heavy atom. The van der Waals surface area contributed by atoms with E-state index >= 15 is 0 Å². The summed E-state index contributed by atoms with van der Waals surface area (Å²) in [5, 5.41) is 0. The number of carbonyl (C=O) groups is 3. The van der Waals surface area contributed by atoms with Gasteiger partial charge in [0, 0.05) is 38.6 Å². The lowest BCUT2D eigenvalue weighted by atomic mass is 9.81. The third-order valence-electron chi connectivity index (χ3n) is 6.99. The Morgan fingerprint density at radius 3 is 2.31 bits per heavy atom. The summed E-state index contributed by atoms with van der Waals surface area (Å²) in [6, 6.07) is 10.1. The quantitative estimate of drug-likeness (QED) is 0.731. The Bertz CT molecular complexity index is 767. The van der Waals surface area contributed by atoms with Gasteiger partial charge in [0.25, 0.3) is 0 Å². The number of hydrogen-bond acceptors (Lipinski definition) is 4. The molecule has 6 heteroatoms. The van der Waals surface area contributed by atoms with Crippen LogP contribution in [-0.2, 0) is 19.8 Å². The first kappa shape index (κ1) is 20.1. The molecule has 1 atom stereocenters. The van der Waals surface area contributed by atoms with Crippen molar-refractivity contribution in [3.8, 4) is 0 Å². The molecule has 1 aliphatic carbocycles. The number of piperazine rings is 1. The van der Waals surface area contributed by atoms with Crippen molar-refractivity contribution in [3.05, 3.63) is 35.9 Å². The number of amides is 3. The highest BCUT2D eigenvalue weighted by Gasteiger charge is 2.50. The Morgan fingerprint density at radius 2 is 1.66 bits per heavy atom. The standard InChI is InChI=1S/C23H31N3O3/c1-23(18-8-4-2-5-9-18)16-20(27)26(22(23)29)17-21(28)25-14-12-24(13-15-25)19-10-6-3-7-11-19/h2,4-5,8-9,19H,3,6-7,10-17H2,1H3. The summed E-state index contributed by atoms with van der Waals surface area (Å²) in [6.45, 7) is 4.81. The number of carbonyl (C=O) groups excluding carboxylic acids is 3. The van der Waals surface area contributed by atoms with Gasteiger partial charge in [0.05, 0.1) is 5.41 Å². The number of hydrogen-bond donors (Lipinski definition) is 0. The van der Waals surface area contributed by atoms with Gasteiger partial charge in [-0.25, -0.2) is 0 Å². The van der Waals surface area contributed by atoms with E-state index in [9.17, 15) is 14.4 Å². The molecule has 1 saturated carbocycles. The monoisotopic (exact) mass is 397 g/mol. The van der Waals surface area contributed by atoms with Gasteiger partial charge < -0.3 is 4.90 Å². The Balaban J connectivity index is 1.35. The highest BCUT2D eigenvalue weighted by Crippen LogP contribution is 2.36.